The highest BCUT2D eigenvalue weighted by molar-refractivity contribution is 14.0. The molecular formula is C16H19Cl2IN4O. The number of nitrogens with two attached hydrogens (primary N) is 1. The Morgan fingerprint density at radius 2 is 2.08 bits per heavy atom. The lowest BCUT2D eigenvalue weighted by Crippen LogP contribution is -2.34. The highest BCUT2D eigenvalue weighted by atomic mass is 127. The predicted octanol–water partition coefficient (Wildman–Crippen LogP) is 4.18. The molecule has 8 heteroatoms. The average molecular weight is 481 g/mol. The van der Waals surface area contributed by atoms with E-state index in [1.165, 1.54) is 0 Å². The number of halogens is 3. The van der Waals surface area contributed by atoms with Gasteiger partial charge in [-0.15, -0.1) is 24.0 Å². The molecule has 0 saturated heterocycles. The van der Waals surface area contributed by atoms with E-state index in [1.807, 2.05) is 19.1 Å². The molecule has 1 atom stereocenters. The molecule has 5 nitrogen and oxygen atoms in total. The molecule has 0 spiro atoms. The first kappa shape index (κ1) is 20.8. The summed E-state index contributed by atoms with van der Waals surface area (Å²) < 4.78 is 5.01. The lowest BCUT2D eigenvalue weighted by Gasteiger charge is -2.16. The number of hydrogen-bond donors (Lipinski definition) is 2. The second kappa shape index (κ2) is 9.90. The third-order valence-corrected chi connectivity index (χ3v) is 3.79. The van der Waals surface area contributed by atoms with Gasteiger partial charge in [0.15, 0.2) is 5.96 Å². The van der Waals surface area contributed by atoms with Gasteiger partial charge in [-0.2, -0.15) is 0 Å². The maximum atomic E-state index is 6.18. The van der Waals surface area contributed by atoms with Crippen LogP contribution < -0.4 is 15.8 Å². The van der Waals surface area contributed by atoms with Gasteiger partial charge in [-0.3, -0.25) is 0 Å². The minimum atomic E-state index is -0.0856. The van der Waals surface area contributed by atoms with E-state index in [0.717, 1.165) is 11.1 Å². The van der Waals surface area contributed by atoms with Crippen LogP contribution in [0.3, 0.4) is 0 Å². The molecule has 2 aromatic rings. The van der Waals surface area contributed by atoms with Crippen molar-refractivity contribution in [3.8, 4) is 5.88 Å². The first-order chi connectivity index (χ1) is 11.0. The van der Waals surface area contributed by atoms with E-state index in [1.54, 1.807) is 31.5 Å². The number of ether oxygens (including phenoxy) is 1. The highest BCUT2D eigenvalue weighted by Crippen LogP contribution is 2.25. The maximum Gasteiger partial charge on any atom is 0.212 e. The summed E-state index contributed by atoms with van der Waals surface area (Å²) >= 11 is 12.1. The molecule has 0 aliphatic rings. The number of methoxy groups -OCH3 is 1. The number of benzene rings is 1. The number of hydrogen-bond acceptors (Lipinski definition) is 3. The molecule has 130 valence electrons. The number of nitrogens with one attached hydrogen (secondary N) is 1. The monoisotopic (exact) mass is 480 g/mol. The van der Waals surface area contributed by atoms with Crippen molar-refractivity contribution in [1.82, 2.24) is 10.3 Å². The van der Waals surface area contributed by atoms with Crippen molar-refractivity contribution < 1.29 is 4.74 Å². The van der Waals surface area contributed by atoms with Gasteiger partial charge in [0.1, 0.15) is 0 Å². The van der Waals surface area contributed by atoms with Crippen LogP contribution in [0.1, 0.15) is 24.1 Å². The van der Waals surface area contributed by atoms with Crippen LogP contribution in [-0.2, 0) is 6.54 Å². The second-order valence-corrected chi connectivity index (χ2v) is 5.79. The van der Waals surface area contributed by atoms with Gasteiger partial charge in [0.05, 0.1) is 19.7 Å². The largest absolute Gasteiger partial charge is 0.481 e. The molecular weight excluding hydrogens is 462 g/mol. The molecule has 3 N–H and O–H groups in total. The standard InChI is InChI=1S/C16H18Cl2N4O.HI/c1-10(13-5-4-12(17)7-14(13)18)22-16(19)21-9-11-3-6-15(23-2)20-8-11;/h3-8,10H,9H2,1-2H3,(H3,19,21,22);1H. The summed E-state index contributed by atoms with van der Waals surface area (Å²) in [4.78, 5) is 8.42. The number of rotatable bonds is 5. The van der Waals surface area contributed by atoms with Crippen LogP contribution in [0.25, 0.3) is 0 Å². The molecule has 0 fully saturated rings. The average Bonchev–Trinajstić information content (AvgIpc) is 2.53. The van der Waals surface area contributed by atoms with Crippen molar-refractivity contribution in [3.05, 3.63) is 57.7 Å². The summed E-state index contributed by atoms with van der Waals surface area (Å²) in [7, 11) is 1.57. The number of pyridine rings is 1. The third kappa shape index (κ3) is 5.99. The van der Waals surface area contributed by atoms with Crippen LogP contribution in [0.4, 0.5) is 0 Å². The van der Waals surface area contributed by atoms with Gasteiger partial charge in [-0.1, -0.05) is 35.3 Å². The number of aliphatic imine (C=N–C) groups is 1. The summed E-state index contributed by atoms with van der Waals surface area (Å²) in [6.45, 7) is 2.38. The molecule has 2 rings (SSSR count). The van der Waals surface area contributed by atoms with E-state index in [4.69, 9.17) is 33.7 Å². The Morgan fingerprint density at radius 3 is 2.67 bits per heavy atom. The van der Waals surface area contributed by atoms with Crippen LogP contribution in [0, 0.1) is 0 Å². The minimum Gasteiger partial charge on any atom is -0.481 e. The Morgan fingerprint density at radius 1 is 1.33 bits per heavy atom. The first-order valence-electron chi connectivity index (χ1n) is 7.00. The van der Waals surface area contributed by atoms with Crippen molar-refractivity contribution in [2.75, 3.05) is 7.11 Å². The molecule has 0 radical (unpaired) electrons. The van der Waals surface area contributed by atoms with Gasteiger partial charge in [0.2, 0.25) is 5.88 Å². The lowest BCUT2D eigenvalue weighted by molar-refractivity contribution is 0.397. The first-order valence-corrected chi connectivity index (χ1v) is 7.75. The van der Waals surface area contributed by atoms with Crippen LogP contribution in [0.5, 0.6) is 5.88 Å². The van der Waals surface area contributed by atoms with E-state index in [0.29, 0.717) is 28.4 Å². The number of guanidine groups is 1. The zero-order valence-electron chi connectivity index (χ0n) is 13.3. The number of nitrogens with zero attached hydrogens (tertiary/aromatic N) is 2. The predicted molar refractivity (Wildman–Crippen MR) is 110 cm³/mol. The summed E-state index contributed by atoms with van der Waals surface area (Å²) in [5, 5.41) is 4.29. The summed E-state index contributed by atoms with van der Waals surface area (Å²) in [6.07, 6.45) is 1.70. The molecule has 0 aliphatic carbocycles. The van der Waals surface area contributed by atoms with Crippen LogP contribution in [0.15, 0.2) is 41.5 Å². The molecule has 24 heavy (non-hydrogen) atoms. The molecule has 0 bridgehead atoms. The Kier molecular flexibility index (Phi) is 8.58. The summed E-state index contributed by atoms with van der Waals surface area (Å²) in [5.41, 5.74) is 7.76. The van der Waals surface area contributed by atoms with Crippen molar-refractivity contribution in [2.45, 2.75) is 19.5 Å². The van der Waals surface area contributed by atoms with Gasteiger partial charge in [-0.25, -0.2) is 9.98 Å². The van der Waals surface area contributed by atoms with E-state index in [9.17, 15) is 0 Å². The van der Waals surface area contributed by atoms with Gasteiger partial charge >= 0.3 is 0 Å². The minimum absolute atomic E-state index is 0. The highest BCUT2D eigenvalue weighted by Gasteiger charge is 2.10. The second-order valence-electron chi connectivity index (χ2n) is 4.94. The van der Waals surface area contributed by atoms with Gasteiger partial charge < -0.3 is 15.8 Å². The summed E-state index contributed by atoms with van der Waals surface area (Å²) in [6, 6.07) is 8.94. The van der Waals surface area contributed by atoms with Crippen molar-refractivity contribution >= 4 is 53.1 Å². The maximum absolute atomic E-state index is 6.18. The van der Waals surface area contributed by atoms with Crippen molar-refractivity contribution in [2.24, 2.45) is 10.7 Å². The Bertz CT molecular complexity index is 695. The molecule has 1 aromatic carbocycles. The normalized spacial score (nSPS) is 12.2. The Balaban J connectivity index is 0.00000288. The van der Waals surface area contributed by atoms with Crippen LogP contribution in [0.2, 0.25) is 10.0 Å². The Hall–Kier alpha value is -1.25. The fourth-order valence-corrected chi connectivity index (χ4v) is 2.57. The lowest BCUT2D eigenvalue weighted by atomic mass is 10.1. The van der Waals surface area contributed by atoms with Gasteiger partial charge in [0, 0.05) is 22.3 Å². The number of aromatic nitrogens is 1. The summed E-state index contributed by atoms with van der Waals surface area (Å²) in [5.74, 6) is 0.897. The SMILES string of the molecule is COc1ccc(CN=C(N)NC(C)c2ccc(Cl)cc2Cl)cn1.I. The Labute approximate surface area is 168 Å². The fraction of sp³-hybridized carbons (Fsp3) is 0.250. The zero-order valence-corrected chi connectivity index (χ0v) is 17.1. The molecule has 1 heterocycles. The molecule has 0 saturated carbocycles. The van der Waals surface area contributed by atoms with Gasteiger partial charge in [-0.05, 0) is 30.2 Å². The molecule has 1 aromatic heterocycles. The van der Waals surface area contributed by atoms with E-state index < -0.39 is 0 Å². The van der Waals surface area contributed by atoms with Crippen LogP contribution >= 0.6 is 47.2 Å². The zero-order chi connectivity index (χ0) is 16.8. The van der Waals surface area contributed by atoms with Crippen molar-refractivity contribution in [3.63, 3.8) is 0 Å². The van der Waals surface area contributed by atoms with Crippen molar-refractivity contribution in [1.29, 1.82) is 0 Å². The molecule has 1 unspecified atom stereocenters. The van der Waals surface area contributed by atoms with E-state index in [2.05, 4.69) is 15.3 Å². The third-order valence-electron chi connectivity index (χ3n) is 3.23. The molecule has 0 aliphatic heterocycles. The smallest absolute Gasteiger partial charge is 0.212 e. The van der Waals surface area contributed by atoms with E-state index in [-0.39, 0.29) is 30.0 Å². The van der Waals surface area contributed by atoms with E-state index >= 15 is 0 Å². The topological polar surface area (TPSA) is 72.5 Å². The van der Waals surface area contributed by atoms with Crippen LogP contribution in [-0.4, -0.2) is 18.1 Å². The van der Waals surface area contributed by atoms with Gasteiger partial charge in [0.25, 0.3) is 0 Å². The molecule has 0 amide bonds. The quantitative estimate of drug-likeness (QED) is 0.382. The fourth-order valence-electron chi connectivity index (χ4n) is 2.00.